The summed E-state index contributed by atoms with van der Waals surface area (Å²) < 4.78 is 7.25. The number of imidazole rings is 1. The Morgan fingerprint density at radius 1 is 1.40 bits per heavy atom. The molecule has 4 aromatic heterocycles. The van der Waals surface area contributed by atoms with Crippen LogP contribution < -0.4 is 0 Å². The van der Waals surface area contributed by atoms with Gasteiger partial charge in [0.05, 0.1) is 34.5 Å². The van der Waals surface area contributed by atoms with Crippen molar-refractivity contribution >= 4 is 23.0 Å². The van der Waals surface area contributed by atoms with Gasteiger partial charge < -0.3 is 19.4 Å². The van der Waals surface area contributed by atoms with Gasteiger partial charge in [-0.15, -0.1) is 0 Å². The number of hydrogen-bond donors (Lipinski definition) is 2. The second kappa shape index (κ2) is 6.68. The molecule has 0 aromatic carbocycles. The number of aliphatic hydroxyl groups is 1. The Hall–Kier alpha value is -3.17. The van der Waals surface area contributed by atoms with Crippen LogP contribution in [-0.4, -0.2) is 47.0 Å². The third-order valence-electron chi connectivity index (χ3n) is 5.17. The second-order valence-corrected chi connectivity index (χ2v) is 8.17. The lowest BCUT2D eigenvalue weighted by Crippen LogP contribution is -2.40. The number of aromatic amines is 1. The molecule has 1 aliphatic rings. The molecule has 0 saturated carbocycles. The van der Waals surface area contributed by atoms with Gasteiger partial charge in [-0.3, -0.25) is 4.79 Å². The van der Waals surface area contributed by atoms with Gasteiger partial charge >= 0.3 is 0 Å². The highest BCUT2D eigenvalue weighted by molar-refractivity contribution is 6.33. The minimum Gasteiger partial charge on any atom is -0.432 e. The van der Waals surface area contributed by atoms with Crippen molar-refractivity contribution in [2.24, 2.45) is 0 Å². The quantitative estimate of drug-likeness (QED) is 0.520. The molecule has 4 aromatic rings. The Kier molecular flexibility index (Phi) is 4.19. The SMILES string of the molecule is CC(C)(O)c1ncc(C(=O)N2CCc3[nH]cnc3[C@@H]2c2cc3c(Cl)cccn3n2)o1. The van der Waals surface area contributed by atoms with E-state index in [1.54, 1.807) is 41.9 Å². The van der Waals surface area contributed by atoms with Crippen molar-refractivity contribution in [3.8, 4) is 0 Å². The van der Waals surface area contributed by atoms with Gasteiger partial charge in [0.2, 0.25) is 11.7 Å². The molecule has 0 radical (unpaired) electrons. The molecule has 0 aliphatic carbocycles. The molecular weight excluding hydrogens is 408 g/mol. The highest BCUT2D eigenvalue weighted by Gasteiger charge is 2.38. The van der Waals surface area contributed by atoms with Crippen molar-refractivity contribution in [2.75, 3.05) is 6.54 Å². The zero-order chi connectivity index (χ0) is 21.0. The molecular formula is C20H19ClN6O3. The van der Waals surface area contributed by atoms with Crippen molar-refractivity contribution < 1.29 is 14.3 Å². The lowest BCUT2D eigenvalue weighted by atomic mass is 9.99. The van der Waals surface area contributed by atoms with E-state index < -0.39 is 11.6 Å². The third kappa shape index (κ3) is 2.98. The summed E-state index contributed by atoms with van der Waals surface area (Å²) in [6.45, 7) is 3.54. The van der Waals surface area contributed by atoms with Crippen molar-refractivity contribution in [2.45, 2.75) is 31.9 Å². The van der Waals surface area contributed by atoms with Gasteiger partial charge in [0.15, 0.2) is 0 Å². The van der Waals surface area contributed by atoms with Crippen LogP contribution in [0.2, 0.25) is 5.02 Å². The van der Waals surface area contributed by atoms with Crippen LogP contribution in [0.3, 0.4) is 0 Å². The van der Waals surface area contributed by atoms with Gasteiger partial charge in [-0.05, 0) is 32.0 Å². The van der Waals surface area contributed by atoms with Crippen LogP contribution in [0.25, 0.3) is 5.52 Å². The maximum absolute atomic E-state index is 13.3. The number of hydrogen-bond acceptors (Lipinski definition) is 6. The average Bonchev–Trinajstić information content (AvgIpc) is 3.44. The van der Waals surface area contributed by atoms with Gasteiger partial charge in [0, 0.05) is 24.9 Å². The summed E-state index contributed by atoms with van der Waals surface area (Å²) in [6, 6.07) is 4.94. The number of H-pyrrole nitrogens is 1. The monoisotopic (exact) mass is 426 g/mol. The summed E-state index contributed by atoms with van der Waals surface area (Å²) in [5, 5.41) is 15.3. The number of carbonyl (C=O) groups excluding carboxylic acids is 1. The number of nitrogens with one attached hydrogen (secondary N) is 1. The van der Waals surface area contributed by atoms with Crippen LogP contribution in [0.15, 0.2) is 41.3 Å². The molecule has 1 atom stereocenters. The lowest BCUT2D eigenvalue weighted by Gasteiger charge is -2.33. The first-order valence-corrected chi connectivity index (χ1v) is 9.86. The fraction of sp³-hybridized carbons (Fsp3) is 0.300. The van der Waals surface area contributed by atoms with Crippen LogP contribution in [0, 0.1) is 0 Å². The molecule has 0 unspecified atom stereocenters. The fourth-order valence-electron chi connectivity index (χ4n) is 3.73. The van der Waals surface area contributed by atoms with Gasteiger partial charge in [-0.1, -0.05) is 11.6 Å². The van der Waals surface area contributed by atoms with E-state index in [-0.39, 0.29) is 17.6 Å². The van der Waals surface area contributed by atoms with E-state index >= 15 is 0 Å². The maximum Gasteiger partial charge on any atom is 0.292 e. The first kappa shape index (κ1) is 18.8. The van der Waals surface area contributed by atoms with Gasteiger partial charge in [0.1, 0.15) is 11.6 Å². The number of nitrogens with zero attached hydrogens (tertiary/aromatic N) is 5. The fourth-order valence-corrected chi connectivity index (χ4v) is 3.94. The zero-order valence-corrected chi connectivity index (χ0v) is 17.1. The number of halogens is 1. The molecule has 5 heterocycles. The highest BCUT2D eigenvalue weighted by atomic mass is 35.5. The van der Waals surface area contributed by atoms with E-state index in [4.69, 9.17) is 16.0 Å². The molecule has 9 nitrogen and oxygen atoms in total. The molecule has 0 fully saturated rings. The highest BCUT2D eigenvalue weighted by Crippen LogP contribution is 2.35. The van der Waals surface area contributed by atoms with E-state index in [1.165, 1.54) is 6.20 Å². The first-order chi connectivity index (χ1) is 14.3. The van der Waals surface area contributed by atoms with Crippen LogP contribution in [0.1, 0.15) is 53.4 Å². The van der Waals surface area contributed by atoms with Crippen LogP contribution >= 0.6 is 11.6 Å². The molecule has 0 bridgehead atoms. The van der Waals surface area contributed by atoms with E-state index in [0.29, 0.717) is 23.7 Å². The van der Waals surface area contributed by atoms with Gasteiger partial charge in [-0.25, -0.2) is 14.5 Å². The molecule has 154 valence electrons. The summed E-state index contributed by atoms with van der Waals surface area (Å²) in [5.74, 6) is -0.211. The number of amides is 1. The number of oxazole rings is 1. The van der Waals surface area contributed by atoms with Crippen LogP contribution in [0.5, 0.6) is 0 Å². The van der Waals surface area contributed by atoms with Gasteiger partial charge in [0.25, 0.3) is 5.91 Å². The Balaban J connectivity index is 1.59. The Morgan fingerprint density at radius 3 is 2.97 bits per heavy atom. The van der Waals surface area contributed by atoms with Crippen molar-refractivity contribution in [1.29, 1.82) is 0 Å². The Morgan fingerprint density at radius 2 is 2.23 bits per heavy atom. The van der Waals surface area contributed by atoms with E-state index in [2.05, 4.69) is 20.1 Å². The second-order valence-electron chi connectivity index (χ2n) is 7.76. The molecule has 1 amide bonds. The Bertz CT molecular complexity index is 1250. The average molecular weight is 427 g/mol. The molecule has 10 heteroatoms. The Labute approximate surface area is 176 Å². The minimum absolute atomic E-state index is 0.0536. The van der Waals surface area contributed by atoms with E-state index in [1.807, 2.05) is 12.1 Å². The number of rotatable bonds is 3. The van der Waals surface area contributed by atoms with E-state index in [9.17, 15) is 9.90 Å². The smallest absolute Gasteiger partial charge is 0.292 e. The third-order valence-corrected chi connectivity index (χ3v) is 5.49. The normalized spacial score (nSPS) is 16.8. The maximum atomic E-state index is 13.3. The van der Waals surface area contributed by atoms with E-state index in [0.717, 1.165) is 16.9 Å². The minimum atomic E-state index is -1.28. The summed E-state index contributed by atoms with van der Waals surface area (Å²) in [5.41, 5.74) is 1.80. The van der Waals surface area contributed by atoms with Crippen LogP contribution in [0.4, 0.5) is 0 Å². The molecule has 0 saturated heterocycles. The molecule has 30 heavy (non-hydrogen) atoms. The number of carbonyl (C=O) groups is 1. The summed E-state index contributed by atoms with van der Waals surface area (Å²) in [7, 11) is 0. The lowest BCUT2D eigenvalue weighted by molar-refractivity contribution is 0.0440. The van der Waals surface area contributed by atoms with Crippen molar-refractivity contribution in [3.05, 3.63) is 70.7 Å². The predicted octanol–water partition coefficient (Wildman–Crippen LogP) is 2.71. The zero-order valence-electron chi connectivity index (χ0n) is 16.3. The molecule has 5 rings (SSSR count). The first-order valence-electron chi connectivity index (χ1n) is 9.48. The molecule has 1 aliphatic heterocycles. The van der Waals surface area contributed by atoms with Gasteiger partial charge in [-0.2, -0.15) is 5.10 Å². The van der Waals surface area contributed by atoms with Crippen molar-refractivity contribution in [1.82, 2.24) is 29.5 Å². The number of fused-ring (bicyclic) bond motifs is 2. The molecule has 2 N–H and O–H groups in total. The number of pyridine rings is 1. The summed E-state index contributed by atoms with van der Waals surface area (Å²) >= 11 is 6.32. The summed E-state index contributed by atoms with van der Waals surface area (Å²) in [6.07, 6.45) is 5.39. The number of aromatic nitrogens is 5. The summed E-state index contributed by atoms with van der Waals surface area (Å²) in [4.78, 5) is 26.7. The predicted molar refractivity (Wildman–Crippen MR) is 107 cm³/mol. The van der Waals surface area contributed by atoms with Crippen molar-refractivity contribution in [3.63, 3.8) is 0 Å². The standard InChI is InChI=1S/C20H19ClN6O3/c1-20(2,29)19-22-9-15(30-19)18(28)26-7-5-12-16(24-10-23-12)17(26)13-8-14-11(21)4-3-6-27(14)25-13/h3-4,6,8-10,17,29H,5,7H2,1-2H3,(H,23,24)/t17-/m0/s1. The largest absolute Gasteiger partial charge is 0.432 e. The van der Waals surface area contributed by atoms with Crippen LogP contribution in [-0.2, 0) is 12.0 Å². The topological polar surface area (TPSA) is 113 Å². The molecule has 0 spiro atoms.